The summed E-state index contributed by atoms with van der Waals surface area (Å²) in [6, 6.07) is 6.29. The number of anilines is 1. The number of ether oxygens (including phenoxy) is 2. The van der Waals surface area contributed by atoms with Gasteiger partial charge in [-0.25, -0.2) is 0 Å². The number of carbonyl (C=O) groups is 1. The van der Waals surface area contributed by atoms with Crippen LogP contribution in [0, 0.1) is 0 Å². The number of nitrogens with zero attached hydrogens (tertiary/aromatic N) is 2. The predicted octanol–water partition coefficient (Wildman–Crippen LogP) is 2.74. The monoisotopic (exact) mass is 373 g/mol. The first-order chi connectivity index (χ1) is 13.3. The van der Waals surface area contributed by atoms with Crippen molar-refractivity contribution in [2.75, 3.05) is 51.3 Å². The summed E-state index contributed by atoms with van der Waals surface area (Å²) in [5, 5.41) is 3.59. The molecule has 1 N–H and O–H groups in total. The van der Waals surface area contributed by atoms with Crippen molar-refractivity contribution in [3.63, 3.8) is 0 Å². The van der Waals surface area contributed by atoms with E-state index in [1.165, 1.54) is 25.7 Å². The fraction of sp³-hybridized carbons (Fsp3) is 0.667. The highest BCUT2D eigenvalue weighted by Gasteiger charge is 2.25. The van der Waals surface area contributed by atoms with Gasteiger partial charge in [0.15, 0.2) is 11.5 Å². The van der Waals surface area contributed by atoms with Crippen molar-refractivity contribution in [3.8, 4) is 11.5 Å². The lowest BCUT2D eigenvalue weighted by atomic mass is 10.0. The highest BCUT2D eigenvalue weighted by atomic mass is 16.6. The van der Waals surface area contributed by atoms with Crippen molar-refractivity contribution in [1.29, 1.82) is 0 Å². The fourth-order valence-electron chi connectivity index (χ4n) is 4.28. The quantitative estimate of drug-likeness (QED) is 0.880. The van der Waals surface area contributed by atoms with Crippen molar-refractivity contribution < 1.29 is 14.3 Å². The van der Waals surface area contributed by atoms with Gasteiger partial charge >= 0.3 is 0 Å². The number of likely N-dealkylation sites (tertiary alicyclic amines) is 2. The van der Waals surface area contributed by atoms with Crippen LogP contribution in [0.2, 0.25) is 0 Å². The Balaban J connectivity index is 1.31. The average molecular weight is 373 g/mol. The minimum atomic E-state index is 0.283. The molecule has 27 heavy (non-hydrogen) atoms. The maximum Gasteiger partial charge on any atom is 0.236 e. The highest BCUT2D eigenvalue weighted by molar-refractivity contribution is 5.78. The number of hydrogen-bond donors (Lipinski definition) is 1. The lowest BCUT2D eigenvalue weighted by Crippen LogP contribution is -2.48. The van der Waals surface area contributed by atoms with Crippen molar-refractivity contribution in [1.82, 2.24) is 9.80 Å². The zero-order valence-electron chi connectivity index (χ0n) is 16.1. The van der Waals surface area contributed by atoms with Crippen LogP contribution in [-0.4, -0.2) is 67.7 Å². The molecule has 6 heteroatoms. The van der Waals surface area contributed by atoms with E-state index in [4.69, 9.17) is 9.47 Å². The van der Waals surface area contributed by atoms with Gasteiger partial charge in [0.2, 0.25) is 5.91 Å². The summed E-state index contributed by atoms with van der Waals surface area (Å²) < 4.78 is 11.3. The van der Waals surface area contributed by atoms with E-state index in [2.05, 4.69) is 10.2 Å². The van der Waals surface area contributed by atoms with Crippen LogP contribution in [0.5, 0.6) is 11.5 Å². The fourth-order valence-corrected chi connectivity index (χ4v) is 4.28. The van der Waals surface area contributed by atoms with E-state index in [9.17, 15) is 4.79 Å². The average Bonchev–Trinajstić information content (AvgIpc) is 2.97. The normalized spacial score (nSPS) is 23.6. The van der Waals surface area contributed by atoms with Crippen LogP contribution in [0.3, 0.4) is 0 Å². The van der Waals surface area contributed by atoms with Crippen molar-refractivity contribution in [2.24, 2.45) is 0 Å². The molecular weight excluding hydrogens is 342 g/mol. The van der Waals surface area contributed by atoms with Crippen LogP contribution < -0.4 is 14.8 Å². The number of amides is 1. The molecule has 6 nitrogen and oxygen atoms in total. The smallest absolute Gasteiger partial charge is 0.236 e. The second kappa shape index (κ2) is 8.83. The summed E-state index contributed by atoms with van der Waals surface area (Å²) in [5.74, 6) is 1.89. The zero-order valence-corrected chi connectivity index (χ0v) is 16.1. The molecule has 2 fully saturated rings. The highest BCUT2D eigenvalue weighted by Crippen LogP contribution is 2.33. The van der Waals surface area contributed by atoms with E-state index >= 15 is 0 Å². The van der Waals surface area contributed by atoms with Crippen LogP contribution in [0.4, 0.5) is 5.69 Å². The number of piperidine rings is 1. The zero-order chi connectivity index (χ0) is 18.5. The van der Waals surface area contributed by atoms with Gasteiger partial charge in [-0.3, -0.25) is 9.69 Å². The van der Waals surface area contributed by atoms with E-state index in [1.807, 2.05) is 23.1 Å². The molecule has 0 aliphatic carbocycles. The summed E-state index contributed by atoms with van der Waals surface area (Å²) in [7, 11) is 0. The molecule has 2 saturated heterocycles. The second-order valence-electron chi connectivity index (χ2n) is 7.87. The lowest BCUT2D eigenvalue weighted by Gasteiger charge is -2.35. The van der Waals surface area contributed by atoms with E-state index in [0.29, 0.717) is 19.8 Å². The summed E-state index contributed by atoms with van der Waals surface area (Å²) in [6.07, 6.45) is 7.19. The standard InChI is InChI=1S/C21H31N3O3/c25-21(16-23-9-3-1-2-4-10-23)24-11-5-6-18(15-24)22-17-7-8-19-20(14-17)27-13-12-26-19/h7-8,14,18,22H,1-6,9-13,15-16H2/t18-/m1/s1. The molecule has 1 amide bonds. The summed E-state index contributed by atoms with van der Waals surface area (Å²) >= 11 is 0. The lowest BCUT2D eigenvalue weighted by molar-refractivity contribution is -0.133. The first-order valence-electron chi connectivity index (χ1n) is 10.4. The largest absolute Gasteiger partial charge is 0.486 e. The van der Waals surface area contributed by atoms with Gasteiger partial charge in [0.05, 0.1) is 6.54 Å². The minimum Gasteiger partial charge on any atom is -0.486 e. The van der Waals surface area contributed by atoms with Crippen LogP contribution in [0.1, 0.15) is 38.5 Å². The Morgan fingerprint density at radius 2 is 1.78 bits per heavy atom. The number of carbonyl (C=O) groups excluding carboxylic acids is 1. The van der Waals surface area contributed by atoms with E-state index in [1.54, 1.807) is 0 Å². The third-order valence-corrected chi connectivity index (χ3v) is 5.74. The number of rotatable bonds is 4. The minimum absolute atomic E-state index is 0.283. The SMILES string of the molecule is O=C(CN1CCCCCC1)N1CCC[C@@H](Nc2ccc3c(c2)OCCO3)C1. The number of fused-ring (bicyclic) bond motifs is 1. The number of nitrogens with one attached hydrogen (secondary N) is 1. The van der Waals surface area contributed by atoms with Crippen LogP contribution >= 0.6 is 0 Å². The summed E-state index contributed by atoms with van der Waals surface area (Å²) in [6.45, 7) is 5.58. The molecule has 0 spiro atoms. The molecule has 0 bridgehead atoms. The topological polar surface area (TPSA) is 54.0 Å². The second-order valence-corrected chi connectivity index (χ2v) is 7.87. The van der Waals surface area contributed by atoms with Crippen LogP contribution in [0.25, 0.3) is 0 Å². The number of benzene rings is 1. The first-order valence-corrected chi connectivity index (χ1v) is 10.4. The molecule has 3 aliphatic rings. The van der Waals surface area contributed by atoms with Crippen molar-refractivity contribution in [2.45, 2.75) is 44.6 Å². The van der Waals surface area contributed by atoms with Gasteiger partial charge in [-0.15, -0.1) is 0 Å². The molecule has 0 unspecified atom stereocenters. The maximum atomic E-state index is 12.8. The molecule has 0 radical (unpaired) electrons. The molecule has 0 saturated carbocycles. The van der Waals surface area contributed by atoms with Crippen LogP contribution in [0.15, 0.2) is 18.2 Å². The van der Waals surface area contributed by atoms with Gasteiger partial charge in [-0.05, 0) is 50.9 Å². The van der Waals surface area contributed by atoms with Gasteiger partial charge in [-0.1, -0.05) is 12.8 Å². The van der Waals surface area contributed by atoms with Crippen molar-refractivity contribution >= 4 is 11.6 Å². The third kappa shape index (κ3) is 4.86. The Morgan fingerprint density at radius 1 is 1.00 bits per heavy atom. The molecule has 1 atom stereocenters. The number of hydrogen-bond acceptors (Lipinski definition) is 5. The Kier molecular flexibility index (Phi) is 6.02. The van der Waals surface area contributed by atoms with Gasteiger partial charge in [0, 0.05) is 30.9 Å². The van der Waals surface area contributed by atoms with E-state index in [-0.39, 0.29) is 11.9 Å². The summed E-state index contributed by atoms with van der Waals surface area (Å²) in [5.41, 5.74) is 1.03. The van der Waals surface area contributed by atoms with Gasteiger partial charge < -0.3 is 19.7 Å². The van der Waals surface area contributed by atoms with Gasteiger partial charge in [-0.2, -0.15) is 0 Å². The molecule has 1 aromatic rings. The van der Waals surface area contributed by atoms with Crippen LogP contribution in [-0.2, 0) is 4.79 Å². The Morgan fingerprint density at radius 3 is 2.59 bits per heavy atom. The maximum absolute atomic E-state index is 12.8. The first kappa shape index (κ1) is 18.4. The van der Waals surface area contributed by atoms with E-state index in [0.717, 1.165) is 56.2 Å². The van der Waals surface area contributed by atoms with Gasteiger partial charge in [0.1, 0.15) is 13.2 Å². The Labute approximate surface area is 161 Å². The van der Waals surface area contributed by atoms with E-state index < -0.39 is 0 Å². The Hall–Kier alpha value is -1.95. The Bertz CT molecular complexity index is 644. The molecule has 4 rings (SSSR count). The molecular formula is C21H31N3O3. The van der Waals surface area contributed by atoms with Crippen molar-refractivity contribution in [3.05, 3.63) is 18.2 Å². The van der Waals surface area contributed by atoms with Gasteiger partial charge in [0.25, 0.3) is 0 Å². The molecule has 148 valence electrons. The molecule has 3 heterocycles. The summed E-state index contributed by atoms with van der Waals surface area (Å²) in [4.78, 5) is 17.2. The third-order valence-electron chi connectivity index (χ3n) is 5.74. The molecule has 3 aliphatic heterocycles. The molecule has 1 aromatic carbocycles. The predicted molar refractivity (Wildman–Crippen MR) is 106 cm³/mol. The molecule has 0 aromatic heterocycles.